The van der Waals surface area contributed by atoms with Crippen LogP contribution in [0.1, 0.15) is 33.3 Å². The number of anilines is 1. The highest BCUT2D eigenvalue weighted by molar-refractivity contribution is 7.85. The van der Waals surface area contributed by atoms with Crippen molar-refractivity contribution in [2.45, 2.75) is 45.6 Å². The highest BCUT2D eigenvalue weighted by atomic mass is 32.2. The number of aryl methyl sites for hydroxylation is 1. The number of nitrogens with zero attached hydrogens (tertiary/aromatic N) is 3. The van der Waals surface area contributed by atoms with Gasteiger partial charge in [0.15, 0.2) is 0 Å². The van der Waals surface area contributed by atoms with Crippen molar-refractivity contribution >= 4 is 32.6 Å². The summed E-state index contributed by atoms with van der Waals surface area (Å²) in [6.07, 6.45) is 2.69. The third-order valence-electron chi connectivity index (χ3n) is 5.82. The molecule has 0 spiro atoms. The van der Waals surface area contributed by atoms with Crippen LogP contribution >= 0.6 is 0 Å². The number of carbonyl (C=O) groups is 1. The average molecular weight is 487 g/mol. The zero-order valence-electron chi connectivity index (χ0n) is 20.2. The Balaban J connectivity index is 0.000000215. The zero-order valence-corrected chi connectivity index (χ0v) is 21.0. The van der Waals surface area contributed by atoms with Crippen LogP contribution in [0.25, 0.3) is 10.9 Å². The Morgan fingerprint density at radius 3 is 2.41 bits per heavy atom. The summed E-state index contributed by atoms with van der Waals surface area (Å²) < 4.78 is 33.0. The third kappa shape index (κ3) is 6.80. The summed E-state index contributed by atoms with van der Waals surface area (Å²) in [6.45, 7) is 11.3. The molecular formula is C25H34N4O4S. The van der Waals surface area contributed by atoms with Gasteiger partial charge in [0.1, 0.15) is 0 Å². The minimum absolute atomic E-state index is 0.0781. The molecule has 2 N–H and O–H groups in total. The van der Waals surface area contributed by atoms with Crippen molar-refractivity contribution in [1.29, 1.82) is 0 Å². The molecule has 0 radical (unpaired) electrons. The van der Waals surface area contributed by atoms with E-state index in [-0.39, 0.29) is 10.8 Å². The van der Waals surface area contributed by atoms with Gasteiger partial charge in [0.05, 0.1) is 16.6 Å². The second-order valence-electron chi connectivity index (χ2n) is 9.14. The summed E-state index contributed by atoms with van der Waals surface area (Å²) in [6, 6.07) is 13.1. The van der Waals surface area contributed by atoms with Crippen molar-refractivity contribution in [1.82, 2.24) is 14.7 Å². The second kappa shape index (κ2) is 11.0. The number of aromatic nitrogens is 2. The first kappa shape index (κ1) is 25.7. The Kier molecular flexibility index (Phi) is 8.33. The predicted molar refractivity (Wildman–Crippen MR) is 134 cm³/mol. The van der Waals surface area contributed by atoms with Gasteiger partial charge in [-0.15, -0.1) is 0 Å². The highest BCUT2D eigenvalue weighted by Crippen LogP contribution is 2.22. The van der Waals surface area contributed by atoms with Crippen LogP contribution in [0.4, 0.5) is 5.69 Å². The van der Waals surface area contributed by atoms with Crippen LogP contribution in [0.2, 0.25) is 0 Å². The molecule has 3 aromatic rings. The molecule has 0 unspecified atom stereocenters. The molecule has 1 amide bonds. The van der Waals surface area contributed by atoms with Crippen LogP contribution in [-0.2, 0) is 27.9 Å². The van der Waals surface area contributed by atoms with E-state index >= 15 is 0 Å². The number of nitrogens with one attached hydrogen (secondary N) is 1. The maximum atomic E-state index is 11.1. The van der Waals surface area contributed by atoms with E-state index in [2.05, 4.69) is 55.5 Å². The molecule has 9 heteroatoms. The molecule has 0 bridgehead atoms. The number of rotatable bonds is 7. The highest BCUT2D eigenvalue weighted by Gasteiger charge is 2.29. The number of likely N-dealkylation sites (tertiary alicyclic amines) is 1. The molecule has 34 heavy (non-hydrogen) atoms. The Hall–Kier alpha value is -2.91. The molecular weight excluding hydrogens is 452 g/mol. The van der Waals surface area contributed by atoms with Gasteiger partial charge in [-0.1, -0.05) is 32.9 Å². The smallest absolute Gasteiger partial charge is 0.294 e. The van der Waals surface area contributed by atoms with E-state index in [4.69, 9.17) is 4.55 Å². The van der Waals surface area contributed by atoms with Crippen LogP contribution in [0.3, 0.4) is 0 Å². The Bertz CT molecular complexity index is 1210. The van der Waals surface area contributed by atoms with Crippen molar-refractivity contribution in [3.63, 3.8) is 0 Å². The summed E-state index contributed by atoms with van der Waals surface area (Å²) in [4.78, 5) is 12.8. The topological polar surface area (TPSA) is 105 Å². The van der Waals surface area contributed by atoms with Crippen molar-refractivity contribution in [3.05, 3.63) is 54.2 Å². The van der Waals surface area contributed by atoms with Gasteiger partial charge in [0.25, 0.3) is 10.1 Å². The fourth-order valence-corrected chi connectivity index (χ4v) is 4.25. The lowest BCUT2D eigenvalue weighted by Crippen LogP contribution is -2.50. The number of amides is 1. The summed E-state index contributed by atoms with van der Waals surface area (Å²) >= 11 is 0. The Morgan fingerprint density at radius 1 is 1.18 bits per heavy atom. The molecule has 1 aromatic heterocycles. The van der Waals surface area contributed by atoms with E-state index in [0.29, 0.717) is 23.8 Å². The molecule has 1 aliphatic heterocycles. The third-order valence-corrected chi connectivity index (χ3v) is 6.67. The van der Waals surface area contributed by atoms with Gasteiger partial charge < -0.3 is 10.2 Å². The molecule has 1 fully saturated rings. The molecule has 1 aliphatic rings. The van der Waals surface area contributed by atoms with Crippen molar-refractivity contribution in [2.24, 2.45) is 11.8 Å². The summed E-state index contributed by atoms with van der Waals surface area (Å²) in [5.74, 6) is 1.14. The largest absolute Gasteiger partial charge is 0.385 e. The molecule has 0 saturated carbocycles. The molecule has 0 atom stereocenters. The van der Waals surface area contributed by atoms with Gasteiger partial charge in [0, 0.05) is 50.1 Å². The zero-order chi connectivity index (χ0) is 24.9. The molecule has 2 heterocycles. The molecule has 4 rings (SSSR count). The first-order valence-corrected chi connectivity index (χ1v) is 13.0. The number of benzene rings is 2. The lowest BCUT2D eigenvalue weighted by Gasteiger charge is -2.38. The summed E-state index contributed by atoms with van der Waals surface area (Å²) in [5.41, 5.74) is 3.43. The minimum atomic E-state index is -4.20. The fourth-order valence-electron chi connectivity index (χ4n) is 3.74. The number of hydrogen-bond donors (Lipinski definition) is 2. The van der Waals surface area contributed by atoms with Crippen LogP contribution in [0.5, 0.6) is 0 Å². The van der Waals surface area contributed by atoms with Gasteiger partial charge in [-0.25, -0.2) is 0 Å². The van der Waals surface area contributed by atoms with Crippen LogP contribution in [0, 0.1) is 11.8 Å². The molecule has 184 valence electrons. The van der Waals surface area contributed by atoms with E-state index in [1.807, 2.05) is 0 Å². The van der Waals surface area contributed by atoms with Gasteiger partial charge >= 0.3 is 0 Å². The summed E-state index contributed by atoms with van der Waals surface area (Å²) in [5, 5.41) is 8.30. The minimum Gasteiger partial charge on any atom is -0.385 e. The van der Waals surface area contributed by atoms with E-state index < -0.39 is 10.1 Å². The SMILES string of the molecule is CC(=O)N1CC(Cn2ncc3cc(S(=O)(=O)O)ccc32)C1.CCc1ccc(NCC(C)C)cc1. The number of hydrogen-bond acceptors (Lipinski definition) is 5. The van der Waals surface area contributed by atoms with Gasteiger partial charge in [-0.05, 0) is 48.2 Å². The fraction of sp³-hybridized carbons (Fsp3) is 0.440. The second-order valence-corrected chi connectivity index (χ2v) is 10.6. The van der Waals surface area contributed by atoms with Gasteiger partial charge in [-0.2, -0.15) is 13.5 Å². The van der Waals surface area contributed by atoms with Crippen LogP contribution < -0.4 is 5.32 Å². The van der Waals surface area contributed by atoms with Gasteiger partial charge in [-0.3, -0.25) is 14.0 Å². The molecule has 8 nitrogen and oxygen atoms in total. The predicted octanol–water partition coefficient (Wildman–Crippen LogP) is 4.08. The maximum absolute atomic E-state index is 11.1. The summed E-state index contributed by atoms with van der Waals surface area (Å²) in [7, 11) is -4.20. The van der Waals surface area contributed by atoms with E-state index in [1.165, 1.54) is 23.4 Å². The average Bonchev–Trinajstić information content (AvgIpc) is 3.16. The van der Waals surface area contributed by atoms with Crippen molar-refractivity contribution < 1.29 is 17.8 Å². The lowest BCUT2D eigenvalue weighted by molar-refractivity contribution is -0.135. The van der Waals surface area contributed by atoms with Gasteiger partial charge in [0.2, 0.25) is 5.91 Å². The molecule has 2 aromatic carbocycles. The molecule has 0 aliphatic carbocycles. The first-order chi connectivity index (χ1) is 16.1. The standard InChI is InChI=1S/C13H15N3O4S.C12H19N/c1-9(17)15-6-10(7-15)8-16-13-3-2-12(21(18,19)20)4-11(13)5-14-16;1-4-11-5-7-12(8-6-11)13-9-10(2)3/h2-5,10H,6-8H2,1H3,(H,18,19,20);5-8,10,13H,4,9H2,1-3H3. The van der Waals surface area contributed by atoms with Crippen molar-refractivity contribution in [2.75, 3.05) is 25.0 Å². The Labute approximate surface area is 201 Å². The normalized spacial score (nSPS) is 14.0. The number of carbonyl (C=O) groups excluding carboxylic acids is 1. The van der Waals surface area contributed by atoms with Crippen LogP contribution in [-0.4, -0.2) is 53.2 Å². The number of fused-ring (bicyclic) bond motifs is 1. The molecule has 1 saturated heterocycles. The van der Waals surface area contributed by atoms with Crippen LogP contribution in [0.15, 0.2) is 53.6 Å². The van der Waals surface area contributed by atoms with E-state index in [1.54, 1.807) is 28.8 Å². The lowest BCUT2D eigenvalue weighted by atomic mass is 10.0. The maximum Gasteiger partial charge on any atom is 0.294 e. The van der Waals surface area contributed by atoms with Crippen molar-refractivity contribution in [3.8, 4) is 0 Å². The quantitative estimate of drug-likeness (QED) is 0.488. The Morgan fingerprint density at radius 2 is 1.85 bits per heavy atom. The first-order valence-electron chi connectivity index (χ1n) is 11.6. The monoisotopic (exact) mass is 486 g/mol. The van der Waals surface area contributed by atoms with E-state index in [9.17, 15) is 13.2 Å². The van der Waals surface area contributed by atoms with E-state index in [0.717, 1.165) is 31.6 Å².